The smallest absolute Gasteiger partial charge is 0.345 e. The maximum absolute atomic E-state index is 13.4. The Morgan fingerprint density at radius 3 is 2.08 bits per heavy atom. The van der Waals surface area contributed by atoms with Crippen molar-refractivity contribution in [2.75, 3.05) is 39.3 Å². The molecule has 14 heteroatoms. The molecule has 0 saturated heterocycles. The molecule has 0 saturated carbocycles. The molecule has 0 aliphatic rings. The molecule has 0 fully saturated rings. The number of unbranched alkanes of at least 4 members (excludes halogenated alkanes) is 1. The lowest BCUT2D eigenvalue weighted by Crippen LogP contribution is -2.21. The molecular weight excluding hydrogens is 684 g/mol. The van der Waals surface area contributed by atoms with Crippen LogP contribution in [0.25, 0.3) is 11.1 Å². The second-order valence-corrected chi connectivity index (χ2v) is 11.8. The third kappa shape index (κ3) is 11.0. The van der Waals surface area contributed by atoms with E-state index in [1.807, 2.05) is 44.2 Å². The van der Waals surface area contributed by atoms with Crippen molar-refractivity contribution < 1.29 is 46.1 Å². The lowest BCUT2D eigenvalue weighted by atomic mass is 9.91. The topological polar surface area (TPSA) is 121 Å². The van der Waals surface area contributed by atoms with Gasteiger partial charge in [-0.2, -0.15) is 17.6 Å². The summed E-state index contributed by atoms with van der Waals surface area (Å²) in [6, 6.07) is 14.4. The lowest BCUT2D eigenvalue weighted by molar-refractivity contribution is -0.129. The van der Waals surface area contributed by atoms with Crippen molar-refractivity contribution in [3.63, 3.8) is 0 Å². The maximum atomic E-state index is 13.4. The number of aromatic nitrogens is 2. The van der Waals surface area contributed by atoms with Crippen LogP contribution in [0.1, 0.15) is 61.6 Å². The van der Waals surface area contributed by atoms with Gasteiger partial charge in [0.25, 0.3) is 5.91 Å². The standard InChI is InChI=1S/C38H42F4N4O6/c1-23-25(17-33(47)31-18-35(50-4)27(22-44-31)20-43-14-16-52-38(41)42)10-7-11-28(23)29-12-8-13-30(24(29)2)46-36(48)32-19-34(49-3)26(21-45-32)9-5-6-15-51-37(39)40/h7-8,10-13,18-19,21-22,37-38,43H,5-6,9,14-17,20H2,1-4H3,(H,46,48). The molecule has 1 amide bonds. The monoisotopic (exact) mass is 726 g/mol. The van der Waals surface area contributed by atoms with Crippen molar-refractivity contribution in [2.24, 2.45) is 0 Å². The Bertz CT molecular complexity index is 1690. The summed E-state index contributed by atoms with van der Waals surface area (Å²) in [6.45, 7) is -1.50. The van der Waals surface area contributed by atoms with Gasteiger partial charge in [-0.15, -0.1) is 0 Å². The van der Waals surface area contributed by atoms with Gasteiger partial charge in [0.15, 0.2) is 5.78 Å². The molecule has 0 aliphatic heterocycles. The highest BCUT2D eigenvalue weighted by Crippen LogP contribution is 2.33. The van der Waals surface area contributed by atoms with Gasteiger partial charge in [-0.25, -0.2) is 0 Å². The minimum Gasteiger partial charge on any atom is -0.496 e. The molecule has 0 bridgehead atoms. The minimum absolute atomic E-state index is 0.0517. The van der Waals surface area contributed by atoms with Gasteiger partial charge in [0.05, 0.1) is 27.4 Å². The van der Waals surface area contributed by atoms with Crippen molar-refractivity contribution >= 4 is 17.4 Å². The Morgan fingerprint density at radius 2 is 1.37 bits per heavy atom. The van der Waals surface area contributed by atoms with E-state index in [4.69, 9.17) is 9.47 Å². The van der Waals surface area contributed by atoms with E-state index < -0.39 is 19.1 Å². The number of methoxy groups -OCH3 is 2. The van der Waals surface area contributed by atoms with Gasteiger partial charge in [-0.3, -0.25) is 19.6 Å². The number of anilines is 1. The fourth-order valence-electron chi connectivity index (χ4n) is 5.62. The summed E-state index contributed by atoms with van der Waals surface area (Å²) < 4.78 is 68.2. The van der Waals surface area contributed by atoms with E-state index in [-0.39, 0.29) is 43.4 Å². The molecule has 4 rings (SSSR count). The fraction of sp³-hybridized carbons (Fsp3) is 0.368. The number of amides is 1. The third-order valence-corrected chi connectivity index (χ3v) is 8.44. The number of aryl methyl sites for hydroxylation is 1. The Labute approximate surface area is 299 Å². The zero-order valence-electron chi connectivity index (χ0n) is 29.4. The van der Waals surface area contributed by atoms with Gasteiger partial charge in [0, 0.05) is 60.9 Å². The molecule has 0 aliphatic carbocycles. The van der Waals surface area contributed by atoms with Crippen molar-refractivity contribution in [3.8, 4) is 22.6 Å². The number of hydrogen-bond donors (Lipinski definition) is 2. The molecule has 0 radical (unpaired) electrons. The molecule has 2 aromatic heterocycles. The molecular formula is C38H42F4N4O6. The Balaban J connectivity index is 1.44. The molecule has 4 aromatic rings. The highest BCUT2D eigenvalue weighted by atomic mass is 19.3. The van der Waals surface area contributed by atoms with Crippen LogP contribution in [0.2, 0.25) is 0 Å². The van der Waals surface area contributed by atoms with E-state index in [1.165, 1.54) is 20.4 Å². The van der Waals surface area contributed by atoms with Gasteiger partial charge in [0.2, 0.25) is 0 Å². The summed E-state index contributed by atoms with van der Waals surface area (Å²) >= 11 is 0. The van der Waals surface area contributed by atoms with E-state index in [0.717, 1.165) is 33.4 Å². The Kier molecular flexibility index (Phi) is 15.0. The second kappa shape index (κ2) is 19.6. The third-order valence-electron chi connectivity index (χ3n) is 8.44. The number of pyridine rings is 2. The first kappa shape index (κ1) is 39.9. The van der Waals surface area contributed by atoms with Crippen molar-refractivity contribution in [2.45, 2.75) is 59.3 Å². The molecule has 2 heterocycles. The number of carbonyl (C=O) groups excluding carboxylic acids is 2. The second-order valence-electron chi connectivity index (χ2n) is 11.8. The first-order valence-corrected chi connectivity index (χ1v) is 16.6. The van der Waals surface area contributed by atoms with E-state index in [2.05, 4.69) is 30.1 Å². The first-order chi connectivity index (χ1) is 25.0. The van der Waals surface area contributed by atoms with Crippen LogP contribution >= 0.6 is 0 Å². The molecule has 278 valence electrons. The van der Waals surface area contributed by atoms with E-state index in [1.54, 1.807) is 24.4 Å². The van der Waals surface area contributed by atoms with Crippen LogP contribution in [0.5, 0.6) is 11.5 Å². The largest absolute Gasteiger partial charge is 0.496 e. The van der Waals surface area contributed by atoms with E-state index in [0.29, 0.717) is 48.6 Å². The number of ether oxygens (including phenoxy) is 4. The number of benzene rings is 2. The van der Waals surface area contributed by atoms with Crippen LogP contribution in [0, 0.1) is 13.8 Å². The minimum atomic E-state index is -2.83. The zero-order chi connectivity index (χ0) is 37.6. The van der Waals surface area contributed by atoms with Crippen LogP contribution in [0.4, 0.5) is 23.2 Å². The predicted molar refractivity (Wildman–Crippen MR) is 187 cm³/mol. The lowest BCUT2D eigenvalue weighted by Gasteiger charge is -2.17. The number of alkyl halides is 4. The molecule has 2 aromatic carbocycles. The summed E-state index contributed by atoms with van der Waals surface area (Å²) in [5.41, 5.74) is 6.65. The van der Waals surface area contributed by atoms with Gasteiger partial charge in [-0.1, -0.05) is 30.3 Å². The number of nitrogens with zero attached hydrogens (tertiary/aromatic N) is 2. The molecule has 0 spiro atoms. The number of rotatable bonds is 20. The van der Waals surface area contributed by atoms with Gasteiger partial charge < -0.3 is 29.6 Å². The fourth-order valence-corrected chi connectivity index (χ4v) is 5.62. The first-order valence-electron chi connectivity index (χ1n) is 16.6. The number of carbonyl (C=O) groups is 2. The average Bonchev–Trinajstić information content (AvgIpc) is 3.13. The SMILES string of the molecule is COc1cc(C(=O)Nc2cccc(-c3cccc(CC(=O)c4cc(OC)c(CNCCOC(F)F)cn4)c3C)c2C)ncc1CCCCOC(F)F. The molecule has 0 unspecified atom stereocenters. The highest BCUT2D eigenvalue weighted by Gasteiger charge is 2.18. The summed E-state index contributed by atoms with van der Waals surface area (Å²) in [6.07, 6.45) is 4.71. The number of ketones is 1. The Morgan fingerprint density at radius 1 is 0.750 bits per heavy atom. The van der Waals surface area contributed by atoms with Crippen LogP contribution < -0.4 is 20.1 Å². The maximum Gasteiger partial charge on any atom is 0.345 e. The van der Waals surface area contributed by atoms with Crippen molar-refractivity contribution in [3.05, 3.63) is 100 Å². The number of nitrogens with one attached hydrogen (secondary N) is 2. The van der Waals surface area contributed by atoms with Crippen LogP contribution in [-0.2, 0) is 28.9 Å². The van der Waals surface area contributed by atoms with E-state index in [9.17, 15) is 27.2 Å². The van der Waals surface area contributed by atoms with Crippen LogP contribution in [-0.4, -0.2) is 68.9 Å². The normalized spacial score (nSPS) is 11.3. The highest BCUT2D eigenvalue weighted by molar-refractivity contribution is 6.04. The zero-order valence-corrected chi connectivity index (χ0v) is 29.4. The van der Waals surface area contributed by atoms with Gasteiger partial charge in [-0.05, 0) is 67.0 Å². The quantitative estimate of drug-likeness (QED) is 0.0548. The van der Waals surface area contributed by atoms with Crippen LogP contribution in [0.3, 0.4) is 0 Å². The Hall–Kier alpha value is -4.92. The summed E-state index contributed by atoms with van der Waals surface area (Å²) in [5.74, 6) is 0.271. The molecule has 10 nitrogen and oxygen atoms in total. The van der Waals surface area contributed by atoms with Gasteiger partial charge >= 0.3 is 13.2 Å². The number of Topliss-reactive ketones (excluding diaryl/α,β-unsaturated/α-hetero) is 1. The summed E-state index contributed by atoms with van der Waals surface area (Å²) in [4.78, 5) is 35.3. The van der Waals surface area contributed by atoms with Crippen LogP contribution in [0.15, 0.2) is 60.9 Å². The van der Waals surface area contributed by atoms with Gasteiger partial charge in [0.1, 0.15) is 22.9 Å². The summed E-state index contributed by atoms with van der Waals surface area (Å²) in [5, 5.41) is 5.93. The summed E-state index contributed by atoms with van der Waals surface area (Å²) in [7, 11) is 2.97. The molecule has 0 atom stereocenters. The van der Waals surface area contributed by atoms with E-state index >= 15 is 0 Å². The predicted octanol–water partition coefficient (Wildman–Crippen LogP) is 7.35. The molecule has 52 heavy (non-hydrogen) atoms. The van der Waals surface area contributed by atoms with Crippen molar-refractivity contribution in [1.82, 2.24) is 15.3 Å². The average molecular weight is 727 g/mol. The number of hydrogen-bond acceptors (Lipinski definition) is 9. The van der Waals surface area contributed by atoms with Crippen molar-refractivity contribution in [1.29, 1.82) is 0 Å². The number of halogens is 4. The molecule has 2 N–H and O–H groups in total.